The van der Waals surface area contributed by atoms with Crippen LogP contribution in [0.3, 0.4) is 0 Å². The molecule has 4 heteroatoms. The number of aryl methyl sites for hydroxylation is 1. The lowest BCUT2D eigenvalue weighted by atomic mass is 10.4. The largest absolute Gasteiger partial charge is 0.369 e. The Bertz CT molecular complexity index is 206. The van der Waals surface area contributed by atoms with Gasteiger partial charge in [0.1, 0.15) is 4.60 Å². The Kier molecular flexibility index (Phi) is 1.75. The number of aromatic nitrogens is 2. The van der Waals surface area contributed by atoms with E-state index in [1.807, 2.05) is 6.92 Å². The van der Waals surface area contributed by atoms with Crippen molar-refractivity contribution in [3.8, 4) is 0 Å². The number of nitrogens with one attached hydrogen (secondary N) is 1. The van der Waals surface area contributed by atoms with Gasteiger partial charge in [-0.25, -0.2) is 4.98 Å². The molecule has 0 bridgehead atoms. The molecular weight excluding hydrogens is 182 g/mol. The van der Waals surface area contributed by atoms with Gasteiger partial charge in [0, 0.05) is 0 Å². The first-order chi connectivity index (χ1) is 4.24. The molecular formula is C5H8BrN3. The average molecular weight is 190 g/mol. The summed E-state index contributed by atoms with van der Waals surface area (Å²) in [7, 11) is 0. The third kappa shape index (κ3) is 1.24. The third-order valence-electron chi connectivity index (χ3n) is 1.10. The van der Waals surface area contributed by atoms with Gasteiger partial charge >= 0.3 is 0 Å². The molecule has 0 spiro atoms. The smallest absolute Gasteiger partial charge is 0.198 e. The molecule has 0 radical (unpaired) electrons. The van der Waals surface area contributed by atoms with Crippen LogP contribution in [0, 0.1) is 0 Å². The highest BCUT2D eigenvalue weighted by molar-refractivity contribution is 9.10. The zero-order valence-corrected chi connectivity index (χ0v) is 6.70. The molecule has 0 saturated carbocycles. The molecule has 0 aliphatic carbocycles. The van der Waals surface area contributed by atoms with Crippen molar-refractivity contribution in [3.63, 3.8) is 0 Å². The molecule has 50 valence electrons. The van der Waals surface area contributed by atoms with Gasteiger partial charge in [-0.3, -0.25) is 0 Å². The van der Waals surface area contributed by atoms with Gasteiger partial charge in [0.05, 0.1) is 5.69 Å². The molecule has 1 aromatic heterocycles. The van der Waals surface area contributed by atoms with Gasteiger partial charge in [-0.2, -0.15) is 0 Å². The first-order valence-corrected chi connectivity index (χ1v) is 3.53. The molecule has 0 unspecified atom stereocenters. The van der Waals surface area contributed by atoms with Crippen LogP contribution >= 0.6 is 15.9 Å². The Morgan fingerprint density at radius 1 is 1.78 bits per heavy atom. The van der Waals surface area contributed by atoms with Crippen molar-refractivity contribution in [2.24, 2.45) is 0 Å². The number of imidazole rings is 1. The quantitative estimate of drug-likeness (QED) is 0.701. The minimum absolute atomic E-state index is 0.471. The predicted octanol–water partition coefficient (Wildman–Crippen LogP) is 1.32. The highest BCUT2D eigenvalue weighted by Gasteiger charge is 2.00. The summed E-state index contributed by atoms with van der Waals surface area (Å²) in [5.74, 6) is 0.471. The summed E-state index contributed by atoms with van der Waals surface area (Å²) in [6, 6.07) is 0. The first-order valence-electron chi connectivity index (χ1n) is 2.74. The van der Waals surface area contributed by atoms with E-state index in [2.05, 4.69) is 25.9 Å². The van der Waals surface area contributed by atoms with Crippen LogP contribution in [-0.2, 0) is 6.42 Å². The molecule has 0 aromatic carbocycles. The van der Waals surface area contributed by atoms with Crippen molar-refractivity contribution in [2.45, 2.75) is 13.3 Å². The van der Waals surface area contributed by atoms with Gasteiger partial charge < -0.3 is 10.7 Å². The summed E-state index contributed by atoms with van der Waals surface area (Å²) in [6.07, 6.45) is 0.921. The molecule has 1 aromatic rings. The Hall–Kier alpha value is -0.510. The number of hydrogen-bond acceptors (Lipinski definition) is 2. The Labute approximate surface area is 61.8 Å². The van der Waals surface area contributed by atoms with Gasteiger partial charge in [-0.1, -0.05) is 6.92 Å². The highest BCUT2D eigenvalue weighted by atomic mass is 79.9. The van der Waals surface area contributed by atoms with Crippen LogP contribution < -0.4 is 5.73 Å². The number of anilines is 1. The second-order valence-corrected chi connectivity index (χ2v) is 2.50. The number of rotatable bonds is 1. The lowest BCUT2D eigenvalue weighted by molar-refractivity contribution is 1.06. The van der Waals surface area contributed by atoms with E-state index in [4.69, 9.17) is 5.73 Å². The van der Waals surface area contributed by atoms with Crippen molar-refractivity contribution >= 4 is 21.9 Å². The van der Waals surface area contributed by atoms with E-state index in [0.717, 1.165) is 16.7 Å². The number of halogens is 1. The van der Waals surface area contributed by atoms with Gasteiger partial charge in [0.2, 0.25) is 0 Å². The minimum Gasteiger partial charge on any atom is -0.369 e. The van der Waals surface area contributed by atoms with E-state index < -0.39 is 0 Å². The average Bonchev–Trinajstić information content (AvgIpc) is 2.10. The zero-order chi connectivity index (χ0) is 6.85. The molecule has 9 heavy (non-hydrogen) atoms. The summed E-state index contributed by atoms with van der Waals surface area (Å²) in [4.78, 5) is 6.83. The maximum atomic E-state index is 5.36. The maximum Gasteiger partial charge on any atom is 0.198 e. The fourth-order valence-corrected chi connectivity index (χ4v) is 1.21. The van der Waals surface area contributed by atoms with Gasteiger partial charge in [0.25, 0.3) is 0 Å². The maximum absolute atomic E-state index is 5.36. The third-order valence-corrected chi connectivity index (χ3v) is 1.76. The van der Waals surface area contributed by atoms with E-state index in [1.165, 1.54) is 0 Å². The van der Waals surface area contributed by atoms with Gasteiger partial charge in [0.15, 0.2) is 5.95 Å². The molecule has 0 aliphatic rings. The zero-order valence-electron chi connectivity index (χ0n) is 5.11. The van der Waals surface area contributed by atoms with Crippen molar-refractivity contribution in [2.75, 3.05) is 5.73 Å². The number of hydrogen-bond donors (Lipinski definition) is 2. The molecule has 0 aliphatic heterocycles. The summed E-state index contributed by atoms with van der Waals surface area (Å²) < 4.78 is 0.822. The lowest BCUT2D eigenvalue weighted by Gasteiger charge is -1.85. The molecule has 3 N–H and O–H groups in total. The van der Waals surface area contributed by atoms with Gasteiger partial charge in [-0.15, -0.1) is 0 Å². The van der Waals surface area contributed by atoms with Gasteiger partial charge in [-0.05, 0) is 22.4 Å². The monoisotopic (exact) mass is 189 g/mol. The minimum atomic E-state index is 0.471. The van der Waals surface area contributed by atoms with E-state index >= 15 is 0 Å². The molecule has 0 amide bonds. The number of nitrogens with two attached hydrogens (primary N) is 1. The fraction of sp³-hybridized carbons (Fsp3) is 0.400. The van der Waals surface area contributed by atoms with Crippen molar-refractivity contribution in [3.05, 3.63) is 10.3 Å². The summed E-state index contributed by atoms with van der Waals surface area (Å²) in [6.45, 7) is 2.04. The summed E-state index contributed by atoms with van der Waals surface area (Å²) >= 11 is 3.25. The highest BCUT2D eigenvalue weighted by Crippen LogP contribution is 2.14. The Morgan fingerprint density at radius 3 is 2.67 bits per heavy atom. The molecule has 1 heterocycles. The fourth-order valence-electron chi connectivity index (χ4n) is 0.642. The van der Waals surface area contributed by atoms with E-state index in [-0.39, 0.29) is 0 Å². The molecule has 0 saturated heterocycles. The predicted molar refractivity (Wildman–Crippen MR) is 40.1 cm³/mol. The Morgan fingerprint density at radius 2 is 2.44 bits per heavy atom. The number of nitrogen functional groups attached to an aromatic ring is 1. The van der Waals surface area contributed by atoms with Crippen LogP contribution in [0.1, 0.15) is 12.6 Å². The molecule has 3 nitrogen and oxygen atoms in total. The second-order valence-electron chi connectivity index (χ2n) is 1.74. The molecule has 1 rings (SSSR count). The topological polar surface area (TPSA) is 54.7 Å². The van der Waals surface area contributed by atoms with Crippen molar-refractivity contribution < 1.29 is 0 Å². The van der Waals surface area contributed by atoms with E-state index in [9.17, 15) is 0 Å². The van der Waals surface area contributed by atoms with Crippen molar-refractivity contribution in [1.82, 2.24) is 9.97 Å². The molecule has 0 atom stereocenters. The number of aromatic amines is 1. The molecule has 0 fully saturated rings. The summed E-state index contributed by atoms with van der Waals surface area (Å²) in [5.41, 5.74) is 6.41. The van der Waals surface area contributed by atoms with E-state index in [0.29, 0.717) is 5.95 Å². The second kappa shape index (κ2) is 2.39. The number of H-pyrrole nitrogens is 1. The van der Waals surface area contributed by atoms with Crippen molar-refractivity contribution in [1.29, 1.82) is 0 Å². The summed E-state index contributed by atoms with van der Waals surface area (Å²) in [5, 5.41) is 0. The van der Waals surface area contributed by atoms with Crippen LogP contribution in [0.15, 0.2) is 4.60 Å². The van der Waals surface area contributed by atoms with Crippen LogP contribution in [-0.4, -0.2) is 9.97 Å². The van der Waals surface area contributed by atoms with Crippen LogP contribution in [0.25, 0.3) is 0 Å². The number of nitrogens with zero attached hydrogens (tertiary/aromatic N) is 1. The van der Waals surface area contributed by atoms with Crippen LogP contribution in [0.4, 0.5) is 5.95 Å². The SMILES string of the molecule is CCc1[nH]c(N)nc1Br. The lowest BCUT2D eigenvalue weighted by Crippen LogP contribution is -1.85. The van der Waals surface area contributed by atoms with Crippen LogP contribution in [0.5, 0.6) is 0 Å². The first kappa shape index (κ1) is 6.61. The standard InChI is InChI=1S/C5H8BrN3/c1-2-3-4(6)9-5(7)8-3/h2H2,1H3,(H3,7,8,9). The van der Waals surface area contributed by atoms with E-state index in [1.54, 1.807) is 0 Å². The normalized spacial score (nSPS) is 10.0. The van der Waals surface area contributed by atoms with Crippen LogP contribution in [0.2, 0.25) is 0 Å². The Balaban J connectivity index is 3.01.